The van der Waals surface area contributed by atoms with Crippen molar-refractivity contribution in [3.8, 4) is 0 Å². The molecule has 0 unspecified atom stereocenters. The second-order valence-electron chi connectivity index (χ2n) is 11.2. The molecule has 2 aliphatic heterocycles. The zero-order valence-electron chi connectivity index (χ0n) is 25.4. The highest BCUT2D eigenvalue weighted by molar-refractivity contribution is 7.62. The van der Waals surface area contributed by atoms with E-state index in [9.17, 15) is 8.96 Å². The van der Waals surface area contributed by atoms with Gasteiger partial charge in [-0.25, -0.2) is 14.4 Å². The smallest absolute Gasteiger partial charge is 0.227 e. The van der Waals surface area contributed by atoms with E-state index in [4.69, 9.17) is 13.8 Å². The molecule has 2 aromatic heterocycles. The highest BCUT2D eigenvalue weighted by Gasteiger charge is 2.32. The molecule has 1 aromatic carbocycles. The van der Waals surface area contributed by atoms with E-state index >= 15 is 0 Å². The molecule has 2 atom stereocenters. The molecule has 0 spiro atoms. The van der Waals surface area contributed by atoms with Crippen LogP contribution in [0.3, 0.4) is 0 Å². The second-order valence-corrected chi connectivity index (χ2v) is 14.8. The number of piperidine rings is 1. The van der Waals surface area contributed by atoms with Crippen LogP contribution < -0.4 is 15.1 Å². The first-order valence-corrected chi connectivity index (χ1v) is 15.9. The number of ether oxygens (including phenoxy) is 1. The fourth-order valence-corrected chi connectivity index (χ4v) is 6.97. The number of methoxy groups -OCH3 is 1. The molecule has 38 heavy (non-hydrogen) atoms. The van der Waals surface area contributed by atoms with Crippen LogP contribution in [0.4, 0.5) is 27.7 Å². The highest BCUT2D eigenvalue weighted by atomic mass is 31.2. The van der Waals surface area contributed by atoms with Crippen molar-refractivity contribution in [1.82, 2.24) is 15.0 Å². The van der Waals surface area contributed by atoms with E-state index in [1.165, 1.54) is 5.56 Å². The highest BCUT2D eigenvalue weighted by Crippen LogP contribution is 2.43. The molecule has 4 heterocycles. The molecule has 5 rings (SSSR count). The molecule has 3 aromatic rings. The van der Waals surface area contributed by atoms with Crippen molar-refractivity contribution in [1.29, 1.82) is 0 Å². The van der Waals surface area contributed by atoms with Crippen LogP contribution in [0.5, 0.6) is 0 Å². The van der Waals surface area contributed by atoms with Crippen molar-refractivity contribution in [3.05, 3.63) is 42.2 Å². The van der Waals surface area contributed by atoms with Gasteiger partial charge in [-0.2, -0.15) is 4.98 Å². The van der Waals surface area contributed by atoms with Gasteiger partial charge >= 0.3 is 0 Å². The minimum absolute atomic E-state index is 0.0512. The predicted octanol–water partition coefficient (Wildman–Crippen LogP) is 5.51. The number of benzene rings is 1. The Morgan fingerprint density at radius 2 is 1.97 bits per heavy atom. The molecule has 8 nitrogen and oxygen atoms in total. The van der Waals surface area contributed by atoms with E-state index in [1.807, 2.05) is 25.6 Å². The predicted molar refractivity (Wildman–Crippen MR) is 154 cm³/mol. The van der Waals surface area contributed by atoms with Crippen molar-refractivity contribution < 1.29 is 17.8 Å². The number of nitrogens with zero attached hydrogens (tertiary/aromatic N) is 5. The maximum atomic E-state index is 14.7. The zero-order valence-corrected chi connectivity index (χ0v) is 23.3. The first kappa shape index (κ1) is 23.1. The van der Waals surface area contributed by atoms with Crippen LogP contribution in [0.15, 0.2) is 36.7 Å². The van der Waals surface area contributed by atoms with Crippen molar-refractivity contribution in [2.75, 3.05) is 67.8 Å². The summed E-state index contributed by atoms with van der Waals surface area (Å²) in [7, 11) is -4.68. The summed E-state index contributed by atoms with van der Waals surface area (Å²) in [5.41, 5.74) is 2.36. The van der Waals surface area contributed by atoms with E-state index in [0.29, 0.717) is 36.0 Å². The van der Waals surface area contributed by atoms with E-state index < -0.39 is 26.5 Å². The average Bonchev–Trinajstić information content (AvgIpc) is 2.85. The number of nitrogens with one attached hydrogen (secondary N) is 1. The lowest BCUT2D eigenvalue weighted by molar-refractivity contribution is 0.0194. The number of halogens is 1. The van der Waals surface area contributed by atoms with Crippen molar-refractivity contribution in [2.45, 2.75) is 38.5 Å². The van der Waals surface area contributed by atoms with E-state index in [1.54, 1.807) is 17.2 Å². The summed E-state index contributed by atoms with van der Waals surface area (Å²) >= 11 is 0. The summed E-state index contributed by atoms with van der Waals surface area (Å²) in [6.45, 7) is 10.2. The number of anilines is 4. The molecule has 0 radical (unpaired) electrons. The van der Waals surface area contributed by atoms with Gasteiger partial charge in [0.1, 0.15) is 17.8 Å². The summed E-state index contributed by atoms with van der Waals surface area (Å²) in [6.07, 6.45) is 2.05. The van der Waals surface area contributed by atoms with E-state index in [-0.39, 0.29) is 13.0 Å². The van der Waals surface area contributed by atoms with Gasteiger partial charge in [-0.05, 0) is 54.8 Å². The second kappa shape index (κ2) is 10.8. The van der Waals surface area contributed by atoms with E-state index in [2.05, 4.69) is 46.2 Å². The van der Waals surface area contributed by atoms with Gasteiger partial charge in [0.2, 0.25) is 5.95 Å². The Hall–Kier alpha value is -2.77. The lowest BCUT2D eigenvalue weighted by Crippen LogP contribution is -2.48. The van der Waals surface area contributed by atoms with Gasteiger partial charge in [-0.1, -0.05) is 19.9 Å². The van der Waals surface area contributed by atoms with Crippen LogP contribution in [-0.4, -0.2) is 79.9 Å². The quantitative estimate of drug-likeness (QED) is 0.372. The summed E-state index contributed by atoms with van der Waals surface area (Å²) in [6, 6.07) is 8.11. The fourth-order valence-electron chi connectivity index (χ4n) is 5.50. The molecule has 0 bridgehead atoms. The van der Waals surface area contributed by atoms with Gasteiger partial charge in [0, 0.05) is 62.2 Å². The molecule has 2 fully saturated rings. The molecular weight excluding hydrogens is 502 g/mol. The Morgan fingerprint density at radius 3 is 2.68 bits per heavy atom. The largest absolute Gasteiger partial charge is 0.378 e. The topological polar surface area (TPSA) is 83.5 Å². The lowest BCUT2D eigenvalue weighted by atomic mass is 9.93. The van der Waals surface area contributed by atoms with Crippen LogP contribution in [0.1, 0.15) is 35.9 Å². The molecule has 2 saturated heterocycles. The zero-order chi connectivity index (χ0) is 29.5. The van der Waals surface area contributed by atoms with Gasteiger partial charge < -0.3 is 24.4 Å². The molecular formula is C28H38FN6O2P. The van der Waals surface area contributed by atoms with Crippen molar-refractivity contribution >= 4 is 41.2 Å². The van der Waals surface area contributed by atoms with Crippen LogP contribution in [0, 0.1) is 5.92 Å². The first-order chi connectivity index (χ1) is 19.3. The normalized spacial score (nSPS) is 22.2. The Balaban J connectivity index is 1.33. The summed E-state index contributed by atoms with van der Waals surface area (Å²) in [5.74, 6) is 2.27. The monoisotopic (exact) mass is 543 g/mol. The molecule has 204 valence electrons. The van der Waals surface area contributed by atoms with Gasteiger partial charge in [0.15, 0.2) is 0 Å². The third-order valence-corrected chi connectivity index (χ3v) is 8.74. The Morgan fingerprint density at radius 1 is 1.16 bits per heavy atom. The molecule has 0 saturated carbocycles. The summed E-state index contributed by atoms with van der Waals surface area (Å²) in [5, 5.41) is 5.47. The number of hydrogen-bond acceptors (Lipinski definition) is 8. The van der Waals surface area contributed by atoms with Gasteiger partial charge in [0.05, 0.1) is 23.9 Å². The minimum Gasteiger partial charge on any atom is -0.378 e. The molecule has 1 N–H and O–H groups in total. The number of hydrogen-bond donors (Lipinski definition) is 1. The molecule has 0 aliphatic carbocycles. The summed E-state index contributed by atoms with van der Waals surface area (Å²) < 4.78 is 53.7. The van der Waals surface area contributed by atoms with Gasteiger partial charge in [-0.3, -0.25) is 0 Å². The minimum atomic E-state index is -2.63. The fraction of sp³-hybridized carbons (Fsp3) is 0.536. The number of alkyl halides is 1. The molecule has 2 aliphatic rings. The number of fused-ring (bicyclic) bond motifs is 1. The van der Waals surface area contributed by atoms with Crippen molar-refractivity contribution in [2.24, 2.45) is 5.92 Å². The Kier molecular flexibility index (Phi) is 6.56. The van der Waals surface area contributed by atoms with E-state index in [0.717, 1.165) is 35.7 Å². The summed E-state index contributed by atoms with van der Waals surface area (Å²) in [4.78, 5) is 17.6. The van der Waals surface area contributed by atoms with Crippen LogP contribution in [0.2, 0.25) is 0 Å². The molecule has 10 heteroatoms. The van der Waals surface area contributed by atoms with Gasteiger partial charge in [-0.15, -0.1) is 0 Å². The number of aromatic nitrogens is 3. The maximum absolute atomic E-state index is 14.7. The Labute approximate surface area is 228 Å². The van der Waals surface area contributed by atoms with Crippen LogP contribution in [-0.2, 0) is 9.30 Å². The lowest BCUT2D eigenvalue weighted by Gasteiger charge is -2.42. The van der Waals surface area contributed by atoms with Gasteiger partial charge in [0.25, 0.3) is 0 Å². The Bertz CT molecular complexity index is 1450. The van der Waals surface area contributed by atoms with Crippen molar-refractivity contribution in [3.63, 3.8) is 0 Å². The maximum Gasteiger partial charge on any atom is 0.227 e. The first-order valence-electron chi connectivity index (χ1n) is 14.6. The third kappa shape index (κ3) is 5.79. The van der Waals surface area contributed by atoms with Crippen LogP contribution in [0.25, 0.3) is 10.8 Å². The third-order valence-electron chi connectivity index (χ3n) is 7.34. The molecule has 0 amide bonds. The standard InChI is InChI=1S/C28H38FN6O2P/c1-18(2)20-6-7-24(35-14-19(15-35)17-38(4,5)36)22-13-31-27(12-21(20)22)32-26-8-10-30-28(33-26)34-11-9-25(37-3)23(29)16-34/h6-8,10,12-13,18-19,23,25H,9,11,14-17H2,1-5H3,(H,30,31,32,33)/t23-,25+/m0/s1/i3D3. The SMILES string of the molecule is [2H]C([2H])([2H])O[C@@H]1CCN(c2nccc(Nc3cc4c(C(C)C)ccc(N5CC(CP(C)(C)=O)C5)c4cn3)n2)C[C@@H]1F. The van der Waals surface area contributed by atoms with Crippen LogP contribution >= 0.6 is 7.14 Å². The number of rotatable bonds is 8. The average molecular weight is 544 g/mol. The number of pyridine rings is 1.